The van der Waals surface area contributed by atoms with Crippen molar-refractivity contribution in [1.82, 2.24) is 9.55 Å². The molecule has 8 heteroatoms. The van der Waals surface area contributed by atoms with E-state index in [1.54, 1.807) is 6.07 Å². The minimum atomic E-state index is -0.773. The molecule has 1 aliphatic heterocycles. The number of nitrogens with zero attached hydrogens (tertiary/aromatic N) is 2. The summed E-state index contributed by atoms with van der Waals surface area (Å²) in [6, 6.07) is 6.13. The van der Waals surface area contributed by atoms with Gasteiger partial charge in [0.2, 0.25) is 0 Å². The van der Waals surface area contributed by atoms with Crippen molar-refractivity contribution in [1.29, 1.82) is 0 Å². The zero-order chi connectivity index (χ0) is 25.8. The second-order valence-electron chi connectivity index (χ2n) is 9.35. The molecule has 1 aliphatic rings. The molecule has 0 amide bonds. The van der Waals surface area contributed by atoms with E-state index >= 15 is 0 Å². The summed E-state index contributed by atoms with van der Waals surface area (Å²) in [5, 5.41) is 10.8. The summed E-state index contributed by atoms with van der Waals surface area (Å²) in [5.41, 5.74) is 3.97. The standard InChI is InChI=1S/C28H33FN2O5/c1-4-35-10-5-6-25(32)21-8-7-19(13-23(21)29)12-20-14-22-27(18(3)17(20)2)30-16-31(28(22)34)24-9-11-36-15-26(24)33/h7-8,13-14,16,24,26,33H,4-6,9-12,15H2,1-3H3/t24-,26-/m0/s1. The lowest BCUT2D eigenvalue weighted by molar-refractivity contribution is -0.0395. The summed E-state index contributed by atoms with van der Waals surface area (Å²) in [6.07, 6.45) is 2.47. The Morgan fingerprint density at radius 3 is 2.81 bits per heavy atom. The number of aliphatic hydroxyl groups excluding tert-OH is 1. The number of Topliss-reactive ketones (excluding diaryl/α,β-unsaturated/α-hetero) is 1. The van der Waals surface area contributed by atoms with Gasteiger partial charge in [-0.1, -0.05) is 6.07 Å². The third-order valence-corrected chi connectivity index (χ3v) is 7.02. The van der Waals surface area contributed by atoms with Crippen molar-refractivity contribution in [3.63, 3.8) is 0 Å². The second-order valence-corrected chi connectivity index (χ2v) is 9.35. The number of aromatic nitrogens is 2. The molecule has 4 rings (SSSR count). The summed E-state index contributed by atoms with van der Waals surface area (Å²) >= 11 is 0. The molecule has 0 aliphatic carbocycles. The predicted octanol–water partition coefficient (Wildman–Crippen LogP) is 4.06. The van der Waals surface area contributed by atoms with Crippen molar-refractivity contribution in [2.75, 3.05) is 26.4 Å². The average molecular weight is 497 g/mol. The van der Waals surface area contributed by atoms with Crippen molar-refractivity contribution < 1.29 is 23.8 Å². The number of ketones is 1. The summed E-state index contributed by atoms with van der Waals surface area (Å²) in [4.78, 5) is 30.4. The molecule has 1 saturated heterocycles. The van der Waals surface area contributed by atoms with Gasteiger partial charge < -0.3 is 14.6 Å². The van der Waals surface area contributed by atoms with Crippen LogP contribution in [0.15, 0.2) is 35.4 Å². The molecule has 7 nitrogen and oxygen atoms in total. The van der Waals surface area contributed by atoms with Gasteiger partial charge in [-0.3, -0.25) is 14.2 Å². The molecule has 2 aromatic carbocycles. The van der Waals surface area contributed by atoms with Gasteiger partial charge in [0.25, 0.3) is 5.56 Å². The fourth-order valence-corrected chi connectivity index (χ4v) is 4.80. The average Bonchev–Trinajstić information content (AvgIpc) is 2.86. The maximum Gasteiger partial charge on any atom is 0.261 e. The number of carbonyl (C=O) groups is 1. The van der Waals surface area contributed by atoms with E-state index in [-0.39, 0.29) is 36.0 Å². The molecule has 1 aromatic heterocycles. The normalized spacial score (nSPS) is 18.0. The van der Waals surface area contributed by atoms with Crippen LogP contribution in [0.5, 0.6) is 0 Å². The van der Waals surface area contributed by atoms with E-state index in [4.69, 9.17) is 9.47 Å². The van der Waals surface area contributed by atoms with Gasteiger partial charge in [-0.15, -0.1) is 0 Å². The minimum absolute atomic E-state index is 0.0868. The van der Waals surface area contributed by atoms with E-state index in [1.165, 1.54) is 23.0 Å². The number of aryl methyl sites for hydroxylation is 1. The third-order valence-electron chi connectivity index (χ3n) is 7.02. The number of carbonyl (C=O) groups excluding carboxylic acids is 1. The fraction of sp³-hybridized carbons (Fsp3) is 0.464. The molecular formula is C28H33FN2O5. The quantitative estimate of drug-likeness (QED) is 0.355. The topological polar surface area (TPSA) is 90.7 Å². The van der Waals surface area contributed by atoms with E-state index in [0.717, 1.165) is 16.7 Å². The van der Waals surface area contributed by atoms with E-state index < -0.39 is 11.9 Å². The van der Waals surface area contributed by atoms with E-state index in [9.17, 15) is 19.1 Å². The number of ether oxygens (including phenoxy) is 2. The number of rotatable bonds is 9. The van der Waals surface area contributed by atoms with Crippen molar-refractivity contribution in [2.24, 2.45) is 0 Å². The lowest BCUT2D eigenvalue weighted by atomic mass is 9.93. The van der Waals surface area contributed by atoms with Crippen LogP contribution in [-0.2, 0) is 15.9 Å². The number of benzene rings is 2. The summed E-state index contributed by atoms with van der Waals surface area (Å²) in [5.74, 6) is -0.778. The molecule has 1 N–H and O–H groups in total. The molecule has 1 fully saturated rings. The summed E-state index contributed by atoms with van der Waals surface area (Å²) < 4.78 is 26.9. The van der Waals surface area contributed by atoms with Gasteiger partial charge in [0.15, 0.2) is 5.78 Å². The van der Waals surface area contributed by atoms with Crippen LogP contribution in [-0.4, -0.2) is 53.0 Å². The molecule has 36 heavy (non-hydrogen) atoms. The maximum atomic E-state index is 14.8. The van der Waals surface area contributed by atoms with Gasteiger partial charge in [-0.05, 0) is 80.5 Å². The van der Waals surface area contributed by atoms with Crippen LogP contribution in [0, 0.1) is 19.7 Å². The molecule has 3 aromatic rings. The number of hydrogen-bond donors (Lipinski definition) is 1. The lowest BCUT2D eigenvalue weighted by Gasteiger charge is -2.29. The summed E-state index contributed by atoms with van der Waals surface area (Å²) in [7, 11) is 0. The highest BCUT2D eigenvalue weighted by Crippen LogP contribution is 2.26. The Kier molecular flexibility index (Phi) is 8.28. The Morgan fingerprint density at radius 1 is 1.28 bits per heavy atom. The first-order valence-electron chi connectivity index (χ1n) is 12.5. The molecule has 0 saturated carbocycles. The van der Waals surface area contributed by atoms with Crippen LogP contribution in [0.2, 0.25) is 0 Å². The largest absolute Gasteiger partial charge is 0.389 e. The molecule has 0 spiro atoms. The van der Waals surface area contributed by atoms with Crippen LogP contribution in [0.3, 0.4) is 0 Å². The van der Waals surface area contributed by atoms with Gasteiger partial charge >= 0.3 is 0 Å². The van der Waals surface area contributed by atoms with Crippen LogP contribution < -0.4 is 5.56 Å². The highest BCUT2D eigenvalue weighted by atomic mass is 19.1. The first-order chi connectivity index (χ1) is 17.3. The van der Waals surface area contributed by atoms with Crippen molar-refractivity contribution in [2.45, 2.75) is 58.6 Å². The number of hydrogen-bond acceptors (Lipinski definition) is 6. The predicted molar refractivity (Wildman–Crippen MR) is 135 cm³/mol. The summed E-state index contributed by atoms with van der Waals surface area (Å²) in [6.45, 7) is 7.50. The Balaban J connectivity index is 1.62. The maximum absolute atomic E-state index is 14.8. The van der Waals surface area contributed by atoms with E-state index in [0.29, 0.717) is 55.5 Å². The lowest BCUT2D eigenvalue weighted by Crippen LogP contribution is -2.39. The fourth-order valence-electron chi connectivity index (χ4n) is 4.80. The van der Waals surface area contributed by atoms with Crippen LogP contribution in [0.1, 0.15) is 64.8 Å². The Labute approximate surface area is 209 Å². The number of aliphatic hydroxyl groups is 1. The molecule has 2 atom stereocenters. The van der Waals surface area contributed by atoms with Gasteiger partial charge in [0.1, 0.15) is 5.82 Å². The van der Waals surface area contributed by atoms with Crippen molar-refractivity contribution in [3.8, 4) is 0 Å². The van der Waals surface area contributed by atoms with Crippen LogP contribution >= 0.6 is 0 Å². The zero-order valence-corrected chi connectivity index (χ0v) is 21.1. The van der Waals surface area contributed by atoms with Crippen molar-refractivity contribution >= 4 is 16.7 Å². The van der Waals surface area contributed by atoms with Crippen molar-refractivity contribution in [3.05, 3.63) is 74.6 Å². The smallest absolute Gasteiger partial charge is 0.261 e. The Bertz CT molecular complexity index is 1320. The Hall–Kier alpha value is -2.94. The third kappa shape index (κ3) is 5.40. The van der Waals surface area contributed by atoms with Gasteiger partial charge in [0.05, 0.1) is 41.5 Å². The first-order valence-corrected chi connectivity index (χ1v) is 12.5. The molecule has 192 valence electrons. The molecule has 0 radical (unpaired) electrons. The monoisotopic (exact) mass is 496 g/mol. The molecule has 0 unspecified atom stereocenters. The highest BCUT2D eigenvalue weighted by molar-refractivity contribution is 5.96. The van der Waals surface area contributed by atoms with Gasteiger partial charge in [-0.2, -0.15) is 0 Å². The zero-order valence-electron chi connectivity index (χ0n) is 21.1. The molecule has 2 heterocycles. The van der Waals surface area contributed by atoms with Gasteiger partial charge in [-0.25, -0.2) is 9.37 Å². The number of fused-ring (bicyclic) bond motifs is 1. The van der Waals surface area contributed by atoms with E-state index in [2.05, 4.69) is 4.98 Å². The minimum Gasteiger partial charge on any atom is -0.389 e. The number of halogens is 1. The first kappa shape index (κ1) is 26.1. The molecule has 0 bridgehead atoms. The Morgan fingerprint density at radius 2 is 2.08 bits per heavy atom. The highest BCUT2D eigenvalue weighted by Gasteiger charge is 2.27. The SMILES string of the molecule is CCOCCCC(=O)c1ccc(Cc2cc3c(=O)n([C@H]4CCOC[C@@H]4O)cnc3c(C)c2C)cc1F. The molecular weight excluding hydrogens is 463 g/mol. The van der Waals surface area contributed by atoms with Gasteiger partial charge in [0, 0.05) is 26.2 Å². The second kappa shape index (κ2) is 11.4. The van der Waals surface area contributed by atoms with E-state index in [1.807, 2.05) is 26.8 Å². The van der Waals surface area contributed by atoms with Crippen LogP contribution in [0.4, 0.5) is 4.39 Å². The van der Waals surface area contributed by atoms with Crippen LogP contribution in [0.25, 0.3) is 10.9 Å².